The van der Waals surface area contributed by atoms with E-state index in [0.29, 0.717) is 15.6 Å². The molecule has 3 aromatic rings. The van der Waals surface area contributed by atoms with Gasteiger partial charge in [-0.2, -0.15) is 0 Å². The fourth-order valence-corrected chi connectivity index (χ4v) is 3.25. The van der Waals surface area contributed by atoms with Crippen LogP contribution in [-0.2, 0) is 4.74 Å². The van der Waals surface area contributed by atoms with Crippen LogP contribution >= 0.6 is 23.2 Å². The molecule has 0 spiro atoms. The molecule has 1 N–H and O–H groups in total. The lowest BCUT2D eigenvalue weighted by atomic mass is 9.94. The number of rotatable bonds is 2. The molecule has 3 nitrogen and oxygen atoms in total. The van der Waals surface area contributed by atoms with Crippen LogP contribution < -0.4 is 0 Å². The number of cyclic esters (lactones) is 1. The van der Waals surface area contributed by atoms with Gasteiger partial charge < -0.3 is 9.84 Å². The number of halogens is 2. The van der Waals surface area contributed by atoms with Crippen molar-refractivity contribution in [3.63, 3.8) is 0 Å². The molecule has 4 rings (SSSR count). The minimum atomic E-state index is -0.571. The van der Waals surface area contributed by atoms with E-state index in [2.05, 4.69) is 0 Å². The number of phenolic OH excluding ortho intramolecular Hbond substituents is 1. The molecular formula is C20H12Cl2O3. The van der Waals surface area contributed by atoms with Crippen molar-refractivity contribution in [2.24, 2.45) is 0 Å². The molecule has 1 aliphatic rings. The van der Waals surface area contributed by atoms with E-state index in [1.165, 1.54) is 0 Å². The Kier molecular flexibility index (Phi) is 3.91. The van der Waals surface area contributed by atoms with E-state index in [4.69, 9.17) is 27.9 Å². The van der Waals surface area contributed by atoms with Crippen LogP contribution in [0.4, 0.5) is 0 Å². The number of ether oxygens (including phenoxy) is 1. The van der Waals surface area contributed by atoms with Crippen molar-refractivity contribution in [3.05, 3.63) is 87.4 Å². The van der Waals surface area contributed by atoms with Crippen LogP contribution in [0.5, 0.6) is 5.75 Å². The van der Waals surface area contributed by atoms with Gasteiger partial charge in [0.05, 0.1) is 0 Å². The number of esters is 1. The summed E-state index contributed by atoms with van der Waals surface area (Å²) >= 11 is 11.9. The first-order valence-electron chi connectivity index (χ1n) is 7.62. The van der Waals surface area contributed by atoms with Crippen LogP contribution in [0.2, 0.25) is 10.0 Å². The molecule has 0 amide bonds. The average molecular weight is 371 g/mol. The van der Waals surface area contributed by atoms with Crippen molar-refractivity contribution < 1.29 is 14.6 Å². The second-order valence-corrected chi connectivity index (χ2v) is 6.68. The maximum Gasteiger partial charge on any atom is 0.343 e. The summed E-state index contributed by atoms with van der Waals surface area (Å²) in [5.41, 5.74) is 3.31. The zero-order valence-corrected chi connectivity index (χ0v) is 14.4. The van der Waals surface area contributed by atoms with Gasteiger partial charge in [-0.15, -0.1) is 0 Å². The van der Waals surface area contributed by atoms with Gasteiger partial charge >= 0.3 is 5.97 Å². The molecule has 1 heterocycles. The molecule has 5 heteroatoms. The minimum Gasteiger partial charge on any atom is -0.507 e. The molecule has 25 heavy (non-hydrogen) atoms. The summed E-state index contributed by atoms with van der Waals surface area (Å²) in [5, 5.41) is 11.6. The molecule has 1 atom stereocenters. The predicted molar refractivity (Wildman–Crippen MR) is 97.3 cm³/mol. The van der Waals surface area contributed by atoms with E-state index in [9.17, 15) is 9.90 Å². The standard InChI is InChI=1S/C20H12Cl2O3/c21-14-5-1-11(2-6-14)13-9-16-18(17(23)10-13)20(24)25-19(16)12-3-7-15(22)8-4-12/h1-10,19,23H. The Morgan fingerprint density at radius 1 is 0.840 bits per heavy atom. The summed E-state index contributed by atoms with van der Waals surface area (Å²) in [5.74, 6) is -0.626. The van der Waals surface area contributed by atoms with Gasteiger partial charge in [0.25, 0.3) is 0 Å². The van der Waals surface area contributed by atoms with E-state index < -0.39 is 12.1 Å². The molecule has 0 aromatic heterocycles. The first kappa shape index (κ1) is 16.0. The van der Waals surface area contributed by atoms with Crippen LogP contribution in [0, 0.1) is 0 Å². The van der Waals surface area contributed by atoms with Gasteiger partial charge in [-0.25, -0.2) is 4.79 Å². The Bertz CT molecular complexity index is 963. The number of fused-ring (bicyclic) bond motifs is 1. The molecule has 0 saturated carbocycles. The van der Waals surface area contributed by atoms with Crippen molar-refractivity contribution in [3.8, 4) is 16.9 Å². The van der Waals surface area contributed by atoms with E-state index in [-0.39, 0.29) is 11.3 Å². The number of benzene rings is 3. The Hall–Kier alpha value is -2.49. The lowest BCUT2D eigenvalue weighted by molar-refractivity contribution is 0.0454. The van der Waals surface area contributed by atoms with E-state index in [0.717, 1.165) is 16.7 Å². The molecule has 0 bridgehead atoms. The third kappa shape index (κ3) is 2.86. The molecular weight excluding hydrogens is 359 g/mol. The molecule has 124 valence electrons. The lowest BCUT2D eigenvalue weighted by Crippen LogP contribution is -2.00. The van der Waals surface area contributed by atoms with Crippen LogP contribution in [-0.4, -0.2) is 11.1 Å². The molecule has 1 aliphatic heterocycles. The van der Waals surface area contributed by atoms with Crippen molar-refractivity contribution in [1.82, 2.24) is 0 Å². The zero-order chi connectivity index (χ0) is 17.6. The smallest absolute Gasteiger partial charge is 0.343 e. The molecule has 0 radical (unpaired) electrons. The Morgan fingerprint density at radius 2 is 1.44 bits per heavy atom. The number of carbonyl (C=O) groups excluding carboxylic acids is 1. The van der Waals surface area contributed by atoms with Gasteiger partial charge in [-0.05, 0) is 53.1 Å². The molecule has 0 aliphatic carbocycles. The molecule has 1 unspecified atom stereocenters. The van der Waals surface area contributed by atoms with Crippen molar-refractivity contribution >= 4 is 29.2 Å². The number of hydrogen-bond acceptors (Lipinski definition) is 3. The van der Waals surface area contributed by atoms with Gasteiger partial charge in [0.15, 0.2) is 6.10 Å². The van der Waals surface area contributed by atoms with Gasteiger partial charge in [0.2, 0.25) is 0 Å². The maximum absolute atomic E-state index is 12.2. The first-order valence-corrected chi connectivity index (χ1v) is 8.38. The normalized spacial score (nSPS) is 15.8. The number of carbonyl (C=O) groups is 1. The topological polar surface area (TPSA) is 46.5 Å². The highest BCUT2D eigenvalue weighted by Crippen LogP contribution is 2.42. The van der Waals surface area contributed by atoms with Gasteiger partial charge in [0.1, 0.15) is 11.3 Å². The second kappa shape index (κ2) is 6.10. The largest absolute Gasteiger partial charge is 0.507 e. The van der Waals surface area contributed by atoms with Gasteiger partial charge in [-0.3, -0.25) is 0 Å². The Balaban J connectivity index is 1.84. The monoisotopic (exact) mass is 370 g/mol. The fraction of sp³-hybridized carbons (Fsp3) is 0.0500. The van der Waals surface area contributed by atoms with Crippen LogP contribution in [0.1, 0.15) is 27.6 Å². The number of phenols is 1. The SMILES string of the molecule is O=C1OC(c2ccc(Cl)cc2)c2cc(-c3ccc(Cl)cc3)cc(O)c21. The summed E-state index contributed by atoms with van der Waals surface area (Å²) < 4.78 is 5.49. The predicted octanol–water partition coefficient (Wildman–Crippen LogP) is 5.63. The van der Waals surface area contributed by atoms with E-state index in [1.807, 2.05) is 18.2 Å². The summed E-state index contributed by atoms with van der Waals surface area (Å²) in [6.45, 7) is 0. The minimum absolute atomic E-state index is 0.0936. The molecule has 0 saturated heterocycles. The van der Waals surface area contributed by atoms with Crippen molar-refractivity contribution in [2.75, 3.05) is 0 Å². The highest BCUT2D eigenvalue weighted by atomic mass is 35.5. The quantitative estimate of drug-likeness (QED) is 0.594. The average Bonchev–Trinajstić information content (AvgIpc) is 2.93. The van der Waals surface area contributed by atoms with E-state index >= 15 is 0 Å². The van der Waals surface area contributed by atoms with Gasteiger partial charge in [-0.1, -0.05) is 47.5 Å². The number of aromatic hydroxyl groups is 1. The highest BCUT2D eigenvalue weighted by molar-refractivity contribution is 6.30. The third-order valence-electron chi connectivity index (χ3n) is 4.21. The van der Waals surface area contributed by atoms with Crippen LogP contribution in [0.25, 0.3) is 11.1 Å². The summed E-state index contributed by atoms with van der Waals surface area (Å²) in [6, 6.07) is 17.8. The third-order valence-corrected chi connectivity index (χ3v) is 4.71. The molecule has 3 aromatic carbocycles. The van der Waals surface area contributed by atoms with Crippen molar-refractivity contribution in [2.45, 2.75) is 6.10 Å². The van der Waals surface area contributed by atoms with Crippen LogP contribution in [0.3, 0.4) is 0 Å². The highest BCUT2D eigenvalue weighted by Gasteiger charge is 2.35. The summed E-state index contributed by atoms with van der Waals surface area (Å²) in [6.07, 6.45) is -0.571. The Morgan fingerprint density at radius 3 is 2.08 bits per heavy atom. The maximum atomic E-state index is 12.2. The van der Waals surface area contributed by atoms with E-state index in [1.54, 1.807) is 42.5 Å². The fourth-order valence-electron chi connectivity index (χ4n) is 3.00. The van der Waals surface area contributed by atoms with Crippen molar-refractivity contribution in [1.29, 1.82) is 0 Å². The summed E-state index contributed by atoms with van der Waals surface area (Å²) in [4.78, 5) is 12.2. The first-order chi connectivity index (χ1) is 12.0. The zero-order valence-electron chi connectivity index (χ0n) is 12.9. The molecule has 0 fully saturated rings. The van der Waals surface area contributed by atoms with Crippen LogP contribution in [0.15, 0.2) is 60.7 Å². The second-order valence-electron chi connectivity index (χ2n) is 5.80. The van der Waals surface area contributed by atoms with Gasteiger partial charge in [0, 0.05) is 15.6 Å². The summed E-state index contributed by atoms with van der Waals surface area (Å²) in [7, 11) is 0. The number of hydrogen-bond donors (Lipinski definition) is 1. The lowest BCUT2D eigenvalue weighted by Gasteiger charge is -2.12. The Labute approximate surface area is 154 Å².